The number of hydrogen-bond donors (Lipinski definition) is 3. The summed E-state index contributed by atoms with van der Waals surface area (Å²) in [5.41, 5.74) is 2.24. The first-order valence-electron chi connectivity index (χ1n) is 4.62. The number of nitrogens with zero attached hydrogens (tertiary/aromatic N) is 1. The fourth-order valence-corrected chi connectivity index (χ4v) is 1.10. The lowest BCUT2D eigenvalue weighted by Gasteiger charge is -2.21. The third-order valence-electron chi connectivity index (χ3n) is 1.74. The summed E-state index contributed by atoms with van der Waals surface area (Å²) in [6.07, 6.45) is 0.0847. The second-order valence-corrected chi connectivity index (χ2v) is 2.89. The monoisotopic (exact) mass is 236 g/mol. The number of benzene rings is 1. The number of nitrogens with one attached hydrogen (secondary N) is 2. The van der Waals surface area contributed by atoms with E-state index in [-0.39, 0.29) is 6.54 Å². The maximum absolute atomic E-state index is 11.5. The van der Waals surface area contributed by atoms with E-state index in [0.29, 0.717) is 5.69 Å². The minimum absolute atomic E-state index is 0.316. The molecule has 1 aromatic carbocycles. The van der Waals surface area contributed by atoms with E-state index in [4.69, 9.17) is 5.11 Å². The van der Waals surface area contributed by atoms with Crippen molar-refractivity contribution in [3.63, 3.8) is 0 Å². The molecule has 89 valence electrons. The van der Waals surface area contributed by atoms with E-state index < -0.39 is 12.1 Å². The summed E-state index contributed by atoms with van der Waals surface area (Å²) in [5.74, 6) is 0. The summed E-state index contributed by atoms with van der Waals surface area (Å²) >= 11 is 0. The number of rotatable bonds is 3. The van der Waals surface area contributed by atoms with Crippen LogP contribution in [0.4, 0.5) is 15.3 Å². The quantitative estimate of drug-likeness (QED) is 0.665. The van der Waals surface area contributed by atoms with E-state index in [0.717, 1.165) is 5.01 Å². The zero-order valence-corrected chi connectivity index (χ0v) is 8.71. The maximum Gasteiger partial charge on any atom is 0.424 e. The molecule has 3 amide bonds. The minimum Gasteiger partial charge on any atom is -0.464 e. The van der Waals surface area contributed by atoms with Gasteiger partial charge in [-0.25, -0.2) is 20.0 Å². The number of hydrogen-bond acceptors (Lipinski definition) is 3. The lowest BCUT2D eigenvalue weighted by molar-refractivity contribution is 0.191. The van der Waals surface area contributed by atoms with Crippen molar-refractivity contribution in [3.05, 3.63) is 30.3 Å². The van der Waals surface area contributed by atoms with Gasteiger partial charge < -0.3 is 10.4 Å². The largest absolute Gasteiger partial charge is 0.464 e. The highest BCUT2D eigenvalue weighted by Crippen LogP contribution is 2.10. The molecule has 7 heteroatoms. The zero-order chi connectivity index (χ0) is 12.7. The first-order valence-corrected chi connectivity index (χ1v) is 4.62. The van der Waals surface area contributed by atoms with Crippen LogP contribution < -0.4 is 15.8 Å². The summed E-state index contributed by atoms with van der Waals surface area (Å²) in [6.45, 7) is -0.316. The van der Waals surface area contributed by atoms with Crippen LogP contribution >= 0.6 is 0 Å². The summed E-state index contributed by atoms with van der Waals surface area (Å²) in [6, 6.07) is 7.33. The van der Waals surface area contributed by atoms with Gasteiger partial charge in [-0.05, 0) is 12.1 Å². The lowest BCUT2D eigenvalue weighted by atomic mass is 10.3. The van der Waals surface area contributed by atoms with Gasteiger partial charge in [0.25, 0.3) is 0 Å². The molecule has 0 bridgehead atoms. The molecule has 7 nitrogen and oxygen atoms in total. The summed E-state index contributed by atoms with van der Waals surface area (Å²) in [5, 5.41) is 11.6. The Morgan fingerprint density at radius 1 is 1.29 bits per heavy atom. The fraction of sp³-hybridized carbons (Fsp3) is 0.100. The van der Waals surface area contributed by atoms with Gasteiger partial charge in [0.15, 0.2) is 0 Å². The van der Waals surface area contributed by atoms with Crippen molar-refractivity contribution in [1.29, 1.82) is 0 Å². The Balaban J connectivity index is 2.84. The van der Waals surface area contributed by atoms with Gasteiger partial charge >= 0.3 is 12.1 Å². The molecule has 3 N–H and O–H groups in total. The van der Waals surface area contributed by atoms with E-state index in [9.17, 15) is 14.4 Å². The number of para-hydroxylation sites is 1. The Morgan fingerprint density at radius 3 is 2.47 bits per heavy atom. The summed E-state index contributed by atoms with van der Waals surface area (Å²) in [7, 11) is 0. The SMILES string of the molecule is O=[C]CNC(=O)N(NC(=O)O)c1ccccc1. The first kappa shape index (κ1) is 12.5. The normalized spacial score (nSPS) is 9.18. The molecule has 0 fully saturated rings. The van der Waals surface area contributed by atoms with Crippen molar-refractivity contribution in [3.8, 4) is 0 Å². The predicted octanol–water partition coefficient (Wildman–Crippen LogP) is 0.495. The number of carbonyl (C=O) groups is 2. The van der Waals surface area contributed by atoms with E-state index in [1.54, 1.807) is 30.3 Å². The van der Waals surface area contributed by atoms with Crippen molar-refractivity contribution >= 4 is 24.1 Å². The maximum atomic E-state index is 11.5. The van der Waals surface area contributed by atoms with Crippen molar-refractivity contribution in [2.75, 3.05) is 11.6 Å². The fourth-order valence-electron chi connectivity index (χ4n) is 1.10. The Labute approximate surface area is 97.0 Å². The van der Waals surface area contributed by atoms with Crippen molar-refractivity contribution in [1.82, 2.24) is 10.7 Å². The van der Waals surface area contributed by atoms with Crippen LogP contribution in [0.25, 0.3) is 0 Å². The van der Waals surface area contributed by atoms with Crippen LogP contribution in [0.1, 0.15) is 0 Å². The molecule has 0 aliphatic carbocycles. The summed E-state index contributed by atoms with van der Waals surface area (Å²) in [4.78, 5) is 32.1. The second-order valence-electron chi connectivity index (χ2n) is 2.89. The first-order chi connectivity index (χ1) is 8.15. The van der Waals surface area contributed by atoms with Gasteiger partial charge in [-0.1, -0.05) is 18.2 Å². The Morgan fingerprint density at radius 2 is 1.94 bits per heavy atom. The van der Waals surface area contributed by atoms with Gasteiger partial charge in [0.05, 0.1) is 12.2 Å². The van der Waals surface area contributed by atoms with Gasteiger partial charge in [-0.3, -0.25) is 4.79 Å². The number of urea groups is 1. The molecule has 0 atom stereocenters. The molecule has 1 aromatic rings. The smallest absolute Gasteiger partial charge is 0.424 e. The molecule has 0 unspecified atom stereocenters. The van der Waals surface area contributed by atoms with Crippen molar-refractivity contribution in [2.45, 2.75) is 0 Å². The molecule has 0 heterocycles. The van der Waals surface area contributed by atoms with Gasteiger partial charge in [0, 0.05) is 0 Å². The molecule has 1 radical (unpaired) electrons. The number of anilines is 1. The van der Waals surface area contributed by atoms with Crippen LogP contribution in [-0.2, 0) is 4.79 Å². The van der Waals surface area contributed by atoms with Gasteiger partial charge in [0.2, 0.25) is 6.29 Å². The topological polar surface area (TPSA) is 98.7 Å². The van der Waals surface area contributed by atoms with Gasteiger partial charge in [-0.15, -0.1) is 0 Å². The number of carbonyl (C=O) groups excluding carboxylic acids is 2. The van der Waals surface area contributed by atoms with Crippen LogP contribution in [0, 0.1) is 0 Å². The van der Waals surface area contributed by atoms with Crippen LogP contribution in [0.15, 0.2) is 30.3 Å². The average molecular weight is 236 g/mol. The molecule has 17 heavy (non-hydrogen) atoms. The molecule has 1 rings (SSSR count). The van der Waals surface area contributed by atoms with E-state index in [1.165, 1.54) is 6.29 Å². The molecule has 0 saturated carbocycles. The third-order valence-corrected chi connectivity index (χ3v) is 1.74. The number of carboxylic acid groups (broad SMARTS) is 1. The minimum atomic E-state index is -1.39. The van der Waals surface area contributed by atoms with Crippen LogP contribution in [0.3, 0.4) is 0 Å². The third kappa shape index (κ3) is 3.82. The Bertz CT molecular complexity index is 407. The highest BCUT2D eigenvalue weighted by Gasteiger charge is 2.17. The van der Waals surface area contributed by atoms with E-state index in [2.05, 4.69) is 5.32 Å². The molecule has 0 spiro atoms. The Kier molecular flexibility index (Phi) is 4.49. The van der Waals surface area contributed by atoms with Crippen molar-refractivity contribution < 1.29 is 19.5 Å². The standard InChI is InChI=1S/C10H10N3O4/c14-7-6-11-9(15)13(12-10(16)17)8-4-2-1-3-5-8/h1-5,12H,6H2,(H,11,15)(H,16,17). The van der Waals surface area contributed by atoms with Crippen LogP contribution in [0.2, 0.25) is 0 Å². The number of hydrazine groups is 1. The highest BCUT2D eigenvalue weighted by atomic mass is 16.4. The lowest BCUT2D eigenvalue weighted by Crippen LogP contribution is -2.51. The second kappa shape index (κ2) is 6.11. The number of amides is 3. The van der Waals surface area contributed by atoms with Gasteiger partial charge in [0.1, 0.15) is 0 Å². The Hall–Kier alpha value is -2.57. The molecular formula is C10H10N3O4. The molecule has 0 aliphatic rings. The highest BCUT2D eigenvalue weighted by molar-refractivity contribution is 5.94. The molecule has 0 aromatic heterocycles. The van der Waals surface area contributed by atoms with E-state index in [1.807, 2.05) is 5.43 Å². The van der Waals surface area contributed by atoms with Gasteiger partial charge in [-0.2, -0.15) is 0 Å². The molecule has 0 saturated heterocycles. The van der Waals surface area contributed by atoms with Crippen molar-refractivity contribution in [2.24, 2.45) is 0 Å². The zero-order valence-electron chi connectivity index (χ0n) is 8.71. The average Bonchev–Trinajstić information content (AvgIpc) is 2.34. The van der Waals surface area contributed by atoms with E-state index >= 15 is 0 Å². The summed E-state index contributed by atoms with van der Waals surface area (Å²) < 4.78 is 0. The molecular weight excluding hydrogens is 226 g/mol. The van der Waals surface area contributed by atoms with Crippen LogP contribution in [-0.4, -0.2) is 30.1 Å². The predicted molar refractivity (Wildman–Crippen MR) is 59.2 cm³/mol. The van der Waals surface area contributed by atoms with Crippen LogP contribution in [0.5, 0.6) is 0 Å². The molecule has 0 aliphatic heterocycles.